The number of carbonyl (C=O) groups excluding carboxylic acids is 1. The Morgan fingerprint density at radius 3 is 2.48 bits per heavy atom. The van der Waals surface area contributed by atoms with E-state index >= 15 is 0 Å². The van der Waals surface area contributed by atoms with E-state index in [1.54, 1.807) is 24.3 Å². The minimum absolute atomic E-state index is 0.107. The van der Waals surface area contributed by atoms with Gasteiger partial charge in [0, 0.05) is 17.4 Å². The van der Waals surface area contributed by atoms with Crippen LogP contribution in [0.2, 0.25) is 19.6 Å². The Hall–Kier alpha value is -2.13. The first-order valence-electron chi connectivity index (χ1n) is 6.90. The zero-order chi connectivity index (χ0) is 15.7. The van der Waals surface area contributed by atoms with Crippen molar-refractivity contribution < 1.29 is 4.79 Å². The van der Waals surface area contributed by atoms with Crippen LogP contribution in [-0.2, 0) is 4.79 Å². The van der Waals surface area contributed by atoms with Gasteiger partial charge >= 0.3 is 0 Å². The predicted molar refractivity (Wildman–Crippen MR) is 86.7 cm³/mol. The summed E-state index contributed by atoms with van der Waals surface area (Å²) in [5.41, 5.74) is 3.54. The second-order valence-electron chi connectivity index (χ2n) is 6.57. The third kappa shape index (κ3) is 3.31. The number of nitriles is 1. The van der Waals surface area contributed by atoms with Crippen molar-refractivity contribution in [3.05, 3.63) is 29.8 Å². The van der Waals surface area contributed by atoms with Crippen molar-refractivity contribution in [1.82, 2.24) is 5.43 Å². The maximum absolute atomic E-state index is 12.5. The van der Waals surface area contributed by atoms with Gasteiger partial charge in [0.05, 0.1) is 19.7 Å². The molecule has 0 saturated carbocycles. The Balaban J connectivity index is 2.06. The number of nitrogens with one attached hydrogen (secondary N) is 2. The van der Waals surface area contributed by atoms with E-state index in [1.165, 1.54) is 0 Å². The Morgan fingerprint density at radius 1 is 1.38 bits per heavy atom. The third-order valence-corrected chi connectivity index (χ3v) is 5.62. The highest BCUT2D eigenvalue weighted by Gasteiger charge is 2.42. The van der Waals surface area contributed by atoms with Crippen LogP contribution in [0.4, 0.5) is 5.69 Å². The molecular weight excluding hydrogens is 280 g/mol. The first-order chi connectivity index (χ1) is 9.74. The Labute approximate surface area is 126 Å². The molecule has 0 radical (unpaired) electrons. The molecule has 2 rings (SSSR count). The summed E-state index contributed by atoms with van der Waals surface area (Å²) in [6, 6.07) is 8.89. The summed E-state index contributed by atoms with van der Waals surface area (Å²) in [6.45, 7) is 8.52. The Kier molecular flexibility index (Phi) is 3.88. The van der Waals surface area contributed by atoms with Crippen LogP contribution in [0.3, 0.4) is 0 Å². The van der Waals surface area contributed by atoms with Gasteiger partial charge in [0.25, 0.3) is 5.91 Å². The zero-order valence-electron chi connectivity index (χ0n) is 12.8. The molecule has 6 heteroatoms. The number of benzene rings is 1. The number of hydrogen-bond acceptors (Lipinski definition) is 4. The van der Waals surface area contributed by atoms with Crippen molar-refractivity contribution >= 4 is 25.0 Å². The molecule has 1 amide bonds. The maximum atomic E-state index is 12.5. The van der Waals surface area contributed by atoms with Gasteiger partial charge in [-0.3, -0.25) is 10.2 Å². The smallest absolute Gasteiger partial charge is 0.251 e. The third-order valence-electron chi connectivity index (χ3n) is 3.60. The first kappa shape index (κ1) is 15.3. The minimum Gasteiger partial charge on any atom is -0.324 e. The largest absolute Gasteiger partial charge is 0.324 e. The molecule has 1 aliphatic rings. The van der Waals surface area contributed by atoms with E-state index in [0.29, 0.717) is 17.7 Å². The summed E-state index contributed by atoms with van der Waals surface area (Å²) < 4.78 is 0. The van der Waals surface area contributed by atoms with Gasteiger partial charge in [-0.15, -0.1) is 0 Å². The lowest BCUT2D eigenvalue weighted by atomic mass is 9.99. The van der Waals surface area contributed by atoms with E-state index in [4.69, 9.17) is 5.26 Å². The summed E-state index contributed by atoms with van der Waals surface area (Å²) in [5, 5.41) is 17.1. The fourth-order valence-electron chi connectivity index (χ4n) is 2.07. The van der Waals surface area contributed by atoms with Gasteiger partial charge in [0.15, 0.2) is 0 Å². The number of carbonyl (C=O) groups is 1. The lowest BCUT2D eigenvalue weighted by Crippen LogP contribution is -2.48. The van der Waals surface area contributed by atoms with Crippen LogP contribution in [-0.4, -0.2) is 24.9 Å². The Morgan fingerprint density at radius 2 is 2.00 bits per heavy atom. The average Bonchev–Trinajstić information content (AvgIpc) is 2.84. The fraction of sp³-hybridized carbons (Fsp3) is 0.400. The van der Waals surface area contributed by atoms with Crippen molar-refractivity contribution in [2.45, 2.75) is 38.5 Å². The van der Waals surface area contributed by atoms with Gasteiger partial charge < -0.3 is 5.32 Å². The van der Waals surface area contributed by atoms with Crippen molar-refractivity contribution in [3.63, 3.8) is 0 Å². The van der Waals surface area contributed by atoms with Crippen LogP contribution >= 0.6 is 0 Å². The fourth-order valence-corrected chi connectivity index (χ4v) is 3.34. The van der Waals surface area contributed by atoms with Crippen LogP contribution in [0.15, 0.2) is 29.4 Å². The predicted octanol–water partition coefficient (Wildman–Crippen LogP) is 2.48. The quantitative estimate of drug-likeness (QED) is 0.842. The summed E-state index contributed by atoms with van der Waals surface area (Å²) in [4.78, 5) is 12.5. The van der Waals surface area contributed by atoms with E-state index in [9.17, 15) is 4.79 Å². The molecule has 0 bridgehead atoms. The van der Waals surface area contributed by atoms with Crippen LogP contribution in [0.1, 0.15) is 18.9 Å². The molecule has 0 aliphatic carbocycles. The highest BCUT2D eigenvalue weighted by Crippen LogP contribution is 2.24. The van der Waals surface area contributed by atoms with E-state index in [0.717, 1.165) is 5.33 Å². The molecule has 0 aromatic heterocycles. The van der Waals surface area contributed by atoms with Crippen LogP contribution in [0, 0.1) is 11.3 Å². The summed E-state index contributed by atoms with van der Waals surface area (Å²) in [5.74, 6) is -0.107. The highest BCUT2D eigenvalue weighted by molar-refractivity contribution is 7.04. The number of anilines is 1. The number of hydrogen-bond donors (Lipinski definition) is 2. The van der Waals surface area contributed by atoms with Gasteiger partial charge in [0.2, 0.25) is 0 Å². The number of hydrazone groups is 1. The molecule has 5 nitrogen and oxygen atoms in total. The van der Waals surface area contributed by atoms with Crippen LogP contribution in [0.5, 0.6) is 0 Å². The van der Waals surface area contributed by atoms with Gasteiger partial charge in [-0.25, -0.2) is 0 Å². The average molecular weight is 300 g/mol. The van der Waals surface area contributed by atoms with Crippen molar-refractivity contribution in [3.8, 4) is 6.07 Å². The van der Waals surface area contributed by atoms with Crippen molar-refractivity contribution in [2.24, 2.45) is 5.10 Å². The van der Waals surface area contributed by atoms with Gasteiger partial charge in [0.1, 0.15) is 5.54 Å². The number of amides is 1. The molecule has 1 aromatic rings. The van der Waals surface area contributed by atoms with Crippen LogP contribution in [0.25, 0.3) is 0 Å². The van der Waals surface area contributed by atoms with Gasteiger partial charge in [-0.2, -0.15) is 10.4 Å². The SMILES string of the molecule is CC1(C(=O)Nc2ccc(C#N)cc2)CC([Si](C)(C)C)=NN1. The molecular formula is C15H20N4OSi. The molecule has 21 heavy (non-hydrogen) atoms. The Bertz CT molecular complexity index is 625. The zero-order valence-corrected chi connectivity index (χ0v) is 13.8. The second kappa shape index (κ2) is 5.33. The maximum Gasteiger partial charge on any atom is 0.251 e. The van der Waals surface area contributed by atoms with Gasteiger partial charge in [-0.1, -0.05) is 19.6 Å². The topological polar surface area (TPSA) is 77.3 Å². The second-order valence-corrected chi connectivity index (χ2v) is 11.6. The molecule has 1 heterocycles. The van der Waals surface area contributed by atoms with Gasteiger partial charge in [-0.05, 0) is 31.2 Å². The minimum atomic E-state index is -1.49. The van der Waals surface area contributed by atoms with E-state index < -0.39 is 13.6 Å². The highest BCUT2D eigenvalue weighted by atomic mass is 28.3. The van der Waals surface area contributed by atoms with E-state index in [-0.39, 0.29) is 5.91 Å². The van der Waals surface area contributed by atoms with Crippen molar-refractivity contribution in [2.75, 3.05) is 5.32 Å². The summed E-state index contributed by atoms with van der Waals surface area (Å²) in [7, 11) is -1.49. The molecule has 0 spiro atoms. The first-order valence-corrected chi connectivity index (χ1v) is 10.4. The normalized spacial score (nSPS) is 21.2. The lowest BCUT2D eigenvalue weighted by molar-refractivity contribution is -0.121. The summed E-state index contributed by atoms with van der Waals surface area (Å²) in [6.07, 6.45) is 0.644. The molecule has 1 atom stereocenters. The standard InChI is InChI=1S/C15H20N4OSi/c1-15(9-13(18-19-15)21(2,3)4)14(20)17-12-7-5-11(10-16)6-8-12/h5-8,19H,9H2,1-4H3,(H,17,20). The lowest BCUT2D eigenvalue weighted by Gasteiger charge is -2.24. The molecule has 0 fully saturated rings. The number of rotatable bonds is 3. The van der Waals surface area contributed by atoms with E-state index in [1.807, 2.05) is 6.92 Å². The molecule has 2 N–H and O–H groups in total. The molecule has 0 saturated heterocycles. The molecule has 1 unspecified atom stereocenters. The van der Waals surface area contributed by atoms with Crippen LogP contribution < -0.4 is 10.7 Å². The molecule has 110 valence electrons. The molecule has 1 aliphatic heterocycles. The molecule has 1 aromatic carbocycles. The monoisotopic (exact) mass is 300 g/mol. The number of nitrogens with zero attached hydrogens (tertiary/aromatic N) is 2. The van der Waals surface area contributed by atoms with E-state index in [2.05, 4.69) is 41.6 Å². The summed E-state index contributed by atoms with van der Waals surface area (Å²) >= 11 is 0. The van der Waals surface area contributed by atoms with Crippen molar-refractivity contribution in [1.29, 1.82) is 5.26 Å².